The summed E-state index contributed by atoms with van der Waals surface area (Å²) in [6, 6.07) is 0.345. The maximum absolute atomic E-state index is 4.25. The first-order valence-electron chi connectivity index (χ1n) is 6.33. The van der Waals surface area contributed by atoms with E-state index in [2.05, 4.69) is 36.3 Å². The zero-order valence-corrected chi connectivity index (χ0v) is 11.4. The summed E-state index contributed by atoms with van der Waals surface area (Å²) in [6.07, 6.45) is 6.04. The normalized spacial score (nSPS) is 12.9. The second-order valence-electron chi connectivity index (χ2n) is 4.17. The Morgan fingerprint density at radius 1 is 1.19 bits per heavy atom. The van der Waals surface area contributed by atoms with E-state index in [9.17, 15) is 0 Å². The lowest BCUT2D eigenvalue weighted by Crippen LogP contribution is -2.18. The molecule has 0 radical (unpaired) electrons. The van der Waals surface area contributed by atoms with Gasteiger partial charge in [0.1, 0.15) is 10.0 Å². The number of rotatable bonds is 8. The average Bonchev–Trinajstić information content (AvgIpc) is 2.75. The van der Waals surface area contributed by atoms with E-state index in [4.69, 9.17) is 0 Å². The molecule has 0 aliphatic carbocycles. The van der Waals surface area contributed by atoms with Crippen LogP contribution < -0.4 is 5.32 Å². The number of aromatic nitrogens is 2. The van der Waals surface area contributed by atoms with E-state index in [1.807, 2.05) is 0 Å². The van der Waals surface area contributed by atoms with Crippen molar-refractivity contribution < 1.29 is 0 Å². The van der Waals surface area contributed by atoms with Gasteiger partial charge in [-0.3, -0.25) is 0 Å². The molecule has 1 heterocycles. The molecule has 3 nitrogen and oxygen atoms in total. The fourth-order valence-electron chi connectivity index (χ4n) is 1.52. The van der Waals surface area contributed by atoms with E-state index in [1.165, 1.54) is 24.3 Å². The highest BCUT2D eigenvalue weighted by Gasteiger charge is 2.10. The Morgan fingerprint density at radius 3 is 2.69 bits per heavy atom. The van der Waals surface area contributed by atoms with Crippen molar-refractivity contribution in [3.8, 4) is 0 Å². The highest BCUT2D eigenvalue weighted by molar-refractivity contribution is 7.11. The molecule has 1 aromatic heterocycles. The zero-order valence-electron chi connectivity index (χ0n) is 10.6. The Hall–Kier alpha value is -0.480. The first-order valence-corrected chi connectivity index (χ1v) is 7.15. The molecule has 1 aromatic rings. The third kappa shape index (κ3) is 4.58. The fourth-order valence-corrected chi connectivity index (χ4v) is 2.43. The van der Waals surface area contributed by atoms with Gasteiger partial charge in [-0.25, -0.2) is 0 Å². The number of unbranched alkanes of at least 4 members (excludes halogenated alkanes) is 2. The third-order valence-electron chi connectivity index (χ3n) is 2.55. The summed E-state index contributed by atoms with van der Waals surface area (Å²) in [5, 5.41) is 14.3. The van der Waals surface area contributed by atoms with Crippen LogP contribution in [0, 0.1) is 0 Å². The lowest BCUT2D eigenvalue weighted by molar-refractivity contribution is 0.563. The summed E-state index contributed by atoms with van der Waals surface area (Å²) >= 11 is 1.76. The molecule has 92 valence electrons. The van der Waals surface area contributed by atoms with Crippen molar-refractivity contribution in [2.75, 3.05) is 6.54 Å². The van der Waals surface area contributed by atoms with Gasteiger partial charge in [0.15, 0.2) is 0 Å². The van der Waals surface area contributed by atoms with Crippen LogP contribution in [0.1, 0.15) is 62.5 Å². The number of nitrogens with one attached hydrogen (secondary N) is 1. The Morgan fingerprint density at radius 2 is 2.00 bits per heavy atom. The summed E-state index contributed by atoms with van der Waals surface area (Å²) in [5.74, 6) is 0. The minimum Gasteiger partial charge on any atom is -0.308 e. The number of nitrogens with zero attached hydrogens (tertiary/aromatic N) is 2. The van der Waals surface area contributed by atoms with Crippen molar-refractivity contribution in [1.29, 1.82) is 0 Å². The van der Waals surface area contributed by atoms with Gasteiger partial charge in [-0.1, -0.05) is 38.0 Å². The molecule has 0 aliphatic heterocycles. The summed E-state index contributed by atoms with van der Waals surface area (Å²) in [4.78, 5) is 0. The van der Waals surface area contributed by atoms with Crippen LogP contribution in [0.3, 0.4) is 0 Å². The lowest BCUT2D eigenvalue weighted by atomic mass is 10.2. The third-order valence-corrected chi connectivity index (χ3v) is 3.71. The molecule has 0 spiro atoms. The van der Waals surface area contributed by atoms with Crippen LogP contribution >= 0.6 is 11.3 Å². The smallest absolute Gasteiger partial charge is 0.134 e. The molecule has 1 rings (SSSR count). The highest BCUT2D eigenvalue weighted by atomic mass is 32.1. The van der Waals surface area contributed by atoms with Gasteiger partial charge in [-0.05, 0) is 26.3 Å². The van der Waals surface area contributed by atoms with E-state index < -0.39 is 0 Å². The van der Waals surface area contributed by atoms with Gasteiger partial charge < -0.3 is 5.32 Å². The van der Waals surface area contributed by atoms with Crippen molar-refractivity contribution >= 4 is 11.3 Å². The van der Waals surface area contributed by atoms with Crippen molar-refractivity contribution in [3.05, 3.63) is 10.0 Å². The highest BCUT2D eigenvalue weighted by Crippen LogP contribution is 2.19. The largest absolute Gasteiger partial charge is 0.308 e. The SMILES string of the molecule is CCCCCc1nnc(C(C)NCCC)s1. The van der Waals surface area contributed by atoms with Gasteiger partial charge in [-0.2, -0.15) is 0 Å². The standard InChI is InChI=1S/C12H23N3S/c1-4-6-7-8-11-14-15-12(16-11)10(3)13-9-5-2/h10,13H,4-9H2,1-3H3. The van der Waals surface area contributed by atoms with Gasteiger partial charge >= 0.3 is 0 Å². The predicted octanol–water partition coefficient (Wildman–Crippen LogP) is 3.33. The van der Waals surface area contributed by atoms with Gasteiger partial charge in [0.2, 0.25) is 0 Å². The van der Waals surface area contributed by atoms with Crippen LogP contribution in [0.4, 0.5) is 0 Å². The first kappa shape index (κ1) is 13.6. The topological polar surface area (TPSA) is 37.8 Å². The van der Waals surface area contributed by atoms with Crippen molar-refractivity contribution in [3.63, 3.8) is 0 Å². The Balaban J connectivity index is 2.37. The number of hydrogen-bond donors (Lipinski definition) is 1. The van der Waals surface area contributed by atoms with Gasteiger partial charge in [0, 0.05) is 6.42 Å². The maximum atomic E-state index is 4.25. The van der Waals surface area contributed by atoms with Crippen molar-refractivity contribution in [1.82, 2.24) is 15.5 Å². The van der Waals surface area contributed by atoms with Crippen LogP contribution in [0.5, 0.6) is 0 Å². The molecule has 4 heteroatoms. The Labute approximate surface area is 103 Å². The van der Waals surface area contributed by atoms with Crippen LogP contribution in [0.2, 0.25) is 0 Å². The summed E-state index contributed by atoms with van der Waals surface area (Å²) < 4.78 is 0. The monoisotopic (exact) mass is 241 g/mol. The molecule has 0 bridgehead atoms. The molecule has 0 aliphatic rings. The summed E-state index contributed by atoms with van der Waals surface area (Å²) in [5.41, 5.74) is 0. The van der Waals surface area contributed by atoms with Crippen LogP contribution in [-0.4, -0.2) is 16.7 Å². The molecule has 1 atom stereocenters. The quantitative estimate of drug-likeness (QED) is 0.709. The summed E-state index contributed by atoms with van der Waals surface area (Å²) in [6.45, 7) is 7.61. The second kappa shape index (κ2) is 7.74. The van der Waals surface area contributed by atoms with E-state index >= 15 is 0 Å². The van der Waals surface area contributed by atoms with Crippen molar-refractivity contribution in [2.45, 2.75) is 58.9 Å². The average molecular weight is 241 g/mol. The Bertz CT molecular complexity index is 286. The van der Waals surface area contributed by atoms with Crippen LogP contribution in [-0.2, 0) is 6.42 Å². The molecule has 0 aromatic carbocycles. The van der Waals surface area contributed by atoms with Crippen LogP contribution in [0.15, 0.2) is 0 Å². The molecule has 1 N–H and O–H groups in total. The Kier molecular flexibility index (Phi) is 6.57. The number of aryl methyl sites for hydroxylation is 1. The molecule has 0 amide bonds. The molecule has 16 heavy (non-hydrogen) atoms. The number of hydrogen-bond acceptors (Lipinski definition) is 4. The molecular formula is C12H23N3S. The molecule has 0 fully saturated rings. The van der Waals surface area contributed by atoms with Crippen LogP contribution in [0.25, 0.3) is 0 Å². The molecule has 1 unspecified atom stereocenters. The summed E-state index contributed by atoms with van der Waals surface area (Å²) in [7, 11) is 0. The minimum atomic E-state index is 0.345. The molecular weight excluding hydrogens is 218 g/mol. The van der Waals surface area contributed by atoms with Gasteiger partial charge in [0.25, 0.3) is 0 Å². The van der Waals surface area contributed by atoms with E-state index in [1.54, 1.807) is 11.3 Å². The maximum Gasteiger partial charge on any atom is 0.134 e. The van der Waals surface area contributed by atoms with E-state index in [0.717, 1.165) is 24.4 Å². The van der Waals surface area contributed by atoms with E-state index in [-0.39, 0.29) is 0 Å². The van der Waals surface area contributed by atoms with Gasteiger partial charge in [-0.15, -0.1) is 10.2 Å². The lowest BCUT2D eigenvalue weighted by Gasteiger charge is -2.08. The zero-order chi connectivity index (χ0) is 11.8. The predicted molar refractivity (Wildman–Crippen MR) is 69.8 cm³/mol. The molecule has 0 saturated carbocycles. The minimum absolute atomic E-state index is 0.345. The molecule has 0 saturated heterocycles. The van der Waals surface area contributed by atoms with Crippen molar-refractivity contribution in [2.24, 2.45) is 0 Å². The first-order chi connectivity index (χ1) is 7.77. The fraction of sp³-hybridized carbons (Fsp3) is 0.833. The second-order valence-corrected chi connectivity index (χ2v) is 5.26. The van der Waals surface area contributed by atoms with E-state index in [0.29, 0.717) is 6.04 Å². The van der Waals surface area contributed by atoms with Gasteiger partial charge in [0.05, 0.1) is 6.04 Å².